The first-order valence-corrected chi connectivity index (χ1v) is 7.20. The molecule has 4 nitrogen and oxygen atoms in total. The Labute approximate surface area is 120 Å². The third-order valence-corrected chi connectivity index (χ3v) is 4.03. The Morgan fingerprint density at radius 2 is 2.11 bits per heavy atom. The van der Waals surface area contributed by atoms with Crippen molar-refractivity contribution in [2.75, 3.05) is 39.1 Å². The molecule has 0 bridgehead atoms. The molecule has 2 rings (SSSR count). The molecule has 19 heavy (non-hydrogen) atoms. The molecule has 1 aromatic rings. The first-order chi connectivity index (χ1) is 9.11. The lowest BCUT2D eigenvalue weighted by atomic mass is 10.0. The van der Waals surface area contributed by atoms with E-state index in [9.17, 15) is 0 Å². The lowest BCUT2D eigenvalue weighted by Gasteiger charge is -2.36. The number of nitrogens with zero attached hydrogens (tertiary/aromatic N) is 3. The molecular weight excluding hydrogens is 260 g/mol. The number of hydrogen-bond donors (Lipinski definition) is 1. The molecule has 0 aliphatic carbocycles. The third-order valence-electron chi connectivity index (χ3n) is 3.75. The highest BCUT2D eigenvalue weighted by atomic mass is 35.5. The van der Waals surface area contributed by atoms with Crippen molar-refractivity contribution in [1.29, 1.82) is 0 Å². The van der Waals surface area contributed by atoms with Gasteiger partial charge in [-0.1, -0.05) is 11.6 Å². The summed E-state index contributed by atoms with van der Waals surface area (Å²) in [5.41, 5.74) is 1.12. The van der Waals surface area contributed by atoms with Gasteiger partial charge in [0.2, 0.25) is 0 Å². The van der Waals surface area contributed by atoms with Gasteiger partial charge in [0, 0.05) is 31.9 Å². The van der Waals surface area contributed by atoms with Gasteiger partial charge in [0.1, 0.15) is 5.82 Å². The van der Waals surface area contributed by atoms with Crippen LogP contribution >= 0.6 is 11.6 Å². The van der Waals surface area contributed by atoms with Crippen molar-refractivity contribution in [3.8, 4) is 0 Å². The second kappa shape index (κ2) is 6.55. The van der Waals surface area contributed by atoms with Gasteiger partial charge in [0.25, 0.3) is 0 Å². The van der Waals surface area contributed by atoms with Crippen LogP contribution in [0.15, 0.2) is 12.3 Å². The van der Waals surface area contributed by atoms with Crippen LogP contribution in [0.3, 0.4) is 0 Å². The van der Waals surface area contributed by atoms with E-state index in [2.05, 4.69) is 34.2 Å². The lowest BCUT2D eigenvalue weighted by molar-refractivity contribution is 0.249. The summed E-state index contributed by atoms with van der Waals surface area (Å²) in [5.74, 6) is 0.929. The second-order valence-corrected chi connectivity index (χ2v) is 5.77. The number of aromatic nitrogens is 1. The maximum absolute atomic E-state index is 6.36. The van der Waals surface area contributed by atoms with Crippen molar-refractivity contribution in [2.45, 2.75) is 25.4 Å². The van der Waals surface area contributed by atoms with Gasteiger partial charge >= 0.3 is 0 Å². The normalized spacial score (nSPS) is 17.2. The number of halogens is 1. The molecule has 1 N–H and O–H groups in total. The highest BCUT2D eigenvalue weighted by molar-refractivity contribution is 6.33. The molecule has 0 radical (unpaired) electrons. The van der Waals surface area contributed by atoms with Crippen LogP contribution < -0.4 is 10.2 Å². The van der Waals surface area contributed by atoms with E-state index in [4.69, 9.17) is 11.6 Å². The number of piperidine rings is 1. The molecule has 1 saturated heterocycles. The van der Waals surface area contributed by atoms with Gasteiger partial charge in [-0.25, -0.2) is 4.98 Å². The minimum absolute atomic E-state index is 0.679. The van der Waals surface area contributed by atoms with Gasteiger partial charge in [0.15, 0.2) is 0 Å². The summed E-state index contributed by atoms with van der Waals surface area (Å²) in [4.78, 5) is 9.14. The second-order valence-electron chi connectivity index (χ2n) is 5.36. The van der Waals surface area contributed by atoms with Gasteiger partial charge in [-0.2, -0.15) is 0 Å². The van der Waals surface area contributed by atoms with Crippen LogP contribution in [0.2, 0.25) is 5.02 Å². The number of anilines is 1. The number of pyridine rings is 1. The van der Waals surface area contributed by atoms with Crippen molar-refractivity contribution in [3.63, 3.8) is 0 Å². The molecule has 1 aliphatic heterocycles. The summed E-state index contributed by atoms with van der Waals surface area (Å²) in [6.45, 7) is 2.86. The van der Waals surface area contributed by atoms with E-state index in [0.29, 0.717) is 6.04 Å². The standard InChI is InChI=1S/C14H23ClN4/c1-16-9-11-8-13(15)14(17-10-11)19-6-4-12(5-7-19)18(2)3/h8,10,12,16H,4-7,9H2,1-3H3. The van der Waals surface area contributed by atoms with E-state index in [-0.39, 0.29) is 0 Å². The summed E-state index contributed by atoms with van der Waals surface area (Å²) < 4.78 is 0. The van der Waals surface area contributed by atoms with Crippen molar-refractivity contribution in [1.82, 2.24) is 15.2 Å². The average Bonchev–Trinajstić information content (AvgIpc) is 2.39. The van der Waals surface area contributed by atoms with Crippen LogP contribution in [0.4, 0.5) is 5.82 Å². The van der Waals surface area contributed by atoms with E-state index in [0.717, 1.165) is 36.0 Å². The summed E-state index contributed by atoms with van der Waals surface area (Å²) >= 11 is 6.36. The third kappa shape index (κ3) is 3.59. The van der Waals surface area contributed by atoms with Gasteiger partial charge < -0.3 is 15.1 Å². The fourth-order valence-corrected chi connectivity index (χ4v) is 2.91. The monoisotopic (exact) mass is 282 g/mol. The first-order valence-electron chi connectivity index (χ1n) is 6.82. The molecule has 0 saturated carbocycles. The maximum atomic E-state index is 6.36. The van der Waals surface area contributed by atoms with Crippen LogP contribution in [-0.4, -0.2) is 50.2 Å². The SMILES string of the molecule is CNCc1cnc(N2CCC(N(C)C)CC2)c(Cl)c1. The average molecular weight is 283 g/mol. The molecule has 2 heterocycles. The molecule has 0 atom stereocenters. The van der Waals surface area contributed by atoms with Crippen LogP contribution in [0.5, 0.6) is 0 Å². The van der Waals surface area contributed by atoms with E-state index in [1.54, 1.807) is 0 Å². The van der Waals surface area contributed by atoms with E-state index in [1.807, 2.05) is 19.3 Å². The van der Waals surface area contributed by atoms with E-state index >= 15 is 0 Å². The molecular formula is C14H23ClN4. The Hall–Kier alpha value is -0.840. The number of rotatable bonds is 4. The largest absolute Gasteiger partial charge is 0.355 e. The van der Waals surface area contributed by atoms with Crippen LogP contribution in [-0.2, 0) is 6.54 Å². The quantitative estimate of drug-likeness (QED) is 0.915. The van der Waals surface area contributed by atoms with Crippen molar-refractivity contribution >= 4 is 17.4 Å². The van der Waals surface area contributed by atoms with Gasteiger partial charge in [-0.3, -0.25) is 0 Å². The molecule has 1 aromatic heterocycles. The summed E-state index contributed by atoms with van der Waals surface area (Å²) in [6, 6.07) is 2.69. The smallest absolute Gasteiger partial charge is 0.147 e. The predicted molar refractivity (Wildman–Crippen MR) is 80.9 cm³/mol. The minimum atomic E-state index is 0.679. The minimum Gasteiger partial charge on any atom is -0.355 e. The molecule has 0 amide bonds. The molecule has 1 fully saturated rings. The van der Waals surface area contributed by atoms with Crippen LogP contribution in [0.25, 0.3) is 0 Å². The lowest BCUT2D eigenvalue weighted by Crippen LogP contribution is -2.42. The van der Waals surface area contributed by atoms with E-state index in [1.165, 1.54) is 12.8 Å². The van der Waals surface area contributed by atoms with E-state index < -0.39 is 0 Å². The highest BCUT2D eigenvalue weighted by Gasteiger charge is 2.22. The Bertz CT molecular complexity index is 414. The Kier molecular flexibility index (Phi) is 5.02. The molecule has 0 aromatic carbocycles. The number of hydrogen-bond acceptors (Lipinski definition) is 4. The fourth-order valence-electron chi connectivity index (χ4n) is 2.60. The van der Waals surface area contributed by atoms with Gasteiger partial charge in [-0.05, 0) is 45.6 Å². The summed E-state index contributed by atoms with van der Waals surface area (Å²) in [5, 5.41) is 3.87. The first kappa shape index (κ1) is 14.6. The van der Waals surface area contributed by atoms with Gasteiger partial charge in [0.05, 0.1) is 5.02 Å². The number of nitrogens with one attached hydrogen (secondary N) is 1. The van der Waals surface area contributed by atoms with Crippen molar-refractivity contribution in [3.05, 3.63) is 22.8 Å². The summed E-state index contributed by atoms with van der Waals surface area (Å²) in [6.07, 6.45) is 4.25. The topological polar surface area (TPSA) is 31.4 Å². The molecule has 106 valence electrons. The summed E-state index contributed by atoms with van der Waals surface area (Å²) in [7, 11) is 6.23. The predicted octanol–water partition coefficient (Wildman–Crippen LogP) is 1.98. The molecule has 0 spiro atoms. The maximum Gasteiger partial charge on any atom is 0.147 e. The zero-order valence-corrected chi connectivity index (χ0v) is 12.7. The zero-order valence-electron chi connectivity index (χ0n) is 12.0. The Morgan fingerprint density at radius 1 is 1.42 bits per heavy atom. The van der Waals surface area contributed by atoms with Crippen LogP contribution in [0.1, 0.15) is 18.4 Å². The Morgan fingerprint density at radius 3 is 2.63 bits per heavy atom. The molecule has 1 aliphatic rings. The molecule has 0 unspecified atom stereocenters. The van der Waals surface area contributed by atoms with Crippen molar-refractivity contribution < 1.29 is 0 Å². The Balaban J connectivity index is 2.03. The van der Waals surface area contributed by atoms with Crippen LogP contribution in [0, 0.1) is 0 Å². The highest BCUT2D eigenvalue weighted by Crippen LogP contribution is 2.27. The van der Waals surface area contributed by atoms with Gasteiger partial charge in [-0.15, -0.1) is 0 Å². The zero-order chi connectivity index (χ0) is 13.8. The van der Waals surface area contributed by atoms with Crippen molar-refractivity contribution in [2.24, 2.45) is 0 Å². The molecule has 5 heteroatoms. The fraction of sp³-hybridized carbons (Fsp3) is 0.643.